The summed E-state index contributed by atoms with van der Waals surface area (Å²) in [6.07, 6.45) is 2.52. The molecule has 3 aromatic rings. The van der Waals surface area contributed by atoms with E-state index in [9.17, 15) is 4.79 Å². The summed E-state index contributed by atoms with van der Waals surface area (Å²) in [4.78, 5) is 19.5. The Balaban J connectivity index is 1.39. The third kappa shape index (κ3) is 3.27. The Bertz CT molecular complexity index is 1080. The van der Waals surface area contributed by atoms with Crippen LogP contribution in [0.3, 0.4) is 0 Å². The van der Waals surface area contributed by atoms with E-state index in [1.54, 1.807) is 18.3 Å². The molecule has 0 bridgehead atoms. The number of carbonyl (C=O) groups excluding carboxylic acids is 1. The van der Waals surface area contributed by atoms with Crippen LogP contribution in [0.4, 0.5) is 17.2 Å². The molecule has 29 heavy (non-hydrogen) atoms. The number of benzene rings is 2. The summed E-state index contributed by atoms with van der Waals surface area (Å²) in [6, 6.07) is 17.4. The van der Waals surface area contributed by atoms with Gasteiger partial charge < -0.3 is 19.7 Å². The van der Waals surface area contributed by atoms with Crippen LogP contribution in [-0.2, 0) is 6.42 Å². The molecule has 0 spiro atoms. The number of carbonyl (C=O) groups is 1. The van der Waals surface area contributed by atoms with Crippen LogP contribution in [0.5, 0.6) is 11.5 Å². The molecule has 1 amide bonds. The van der Waals surface area contributed by atoms with Crippen molar-refractivity contribution in [2.24, 2.45) is 0 Å². The Morgan fingerprint density at radius 2 is 1.90 bits per heavy atom. The first kappa shape index (κ1) is 17.6. The summed E-state index contributed by atoms with van der Waals surface area (Å²) in [6.45, 7) is 3.17. The number of ether oxygens (including phenoxy) is 2. The topological polar surface area (TPSA) is 63.7 Å². The predicted octanol–water partition coefficient (Wildman–Crippen LogP) is 4.19. The van der Waals surface area contributed by atoms with E-state index in [1.165, 1.54) is 5.56 Å². The van der Waals surface area contributed by atoms with E-state index in [0.29, 0.717) is 30.3 Å². The lowest BCUT2D eigenvalue weighted by molar-refractivity contribution is 0.0981. The SMILES string of the molecule is CC1Cc2ccccc2N1C(=O)c1ccnc(Nc2ccc3c(c2)OCCO3)c1. The molecule has 1 unspecified atom stereocenters. The summed E-state index contributed by atoms with van der Waals surface area (Å²) >= 11 is 0. The van der Waals surface area contributed by atoms with E-state index in [2.05, 4.69) is 23.3 Å². The molecule has 1 atom stereocenters. The molecule has 1 N–H and O–H groups in total. The molecular formula is C23H21N3O3. The summed E-state index contributed by atoms with van der Waals surface area (Å²) in [5.74, 6) is 2.03. The van der Waals surface area contributed by atoms with Gasteiger partial charge in [0.15, 0.2) is 11.5 Å². The maximum Gasteiger partial charge on any atom is 0.258 e. The van der Waals surface area contributed by atoms with Gasteiger partial charge in [-0.3, -0.25) is 4.79 Å². The monoisotopic (exact) mass is 387 g/mol. The van der Waals surface area contributed by atoms with Crippen LogP contribution in [0.15, 0.2) is 60.8 Å². The molecule has 6 nitrogen and oxygen atoms in total. The van der Waals surface area contributed by atoms with Crippen LogP contribution in [0.25, 0.3) is 0 Å². The first-order chi connectivity index (χ1) is 14.2. The van der Waals surface area contributed by atoms with Crippen molar-refractivity contribution in [3.8, 4) is 11.5 Å². The van der Waals surface area contributed by atoms with Gasteiger partial charge in [0.1, 0.15) is 19.0 Å². The van der Waals surface area contributed by atoms with E-state index in [0.717, 1.165) is 23.5 Å². The maximum atomic E-state index is 13.3. The van der Waals surface area contributed by atoms with Crippen LogP contribution in [0, 0.1) is 0 Å². The van der Waals surface area contributed by atoms with Crippen LogP contribution >= 0.6 is 0 Å². The third-order valence-corrected chi connectivity index (χ3v) is 5.25. The quantitative estimate of drug-likeness (QED) is 0.730. The number of rotatable bonds is 3. The van der Waals surface area contributed by atoms with E-state index in [-0.39, 0.29) is 11.9 Å². The largest absolute Gasteiger partial charge is 0.486 e. The number of hydrogen-bond donors (Lipinski definition) is 1. The fourth-order valence-corrected chi connectivity index (χ4v) is 3.92. The maximum absolute atomic E-state index is 13.3. The van der Waals surface area contributed by atoms with Crippen LogP contribution < -0.4 is 19.7 Å². The van der Waals surface area contributed by atoms with Gasteiger partial charge in [0.05, 0.1) is 0 Å². The van der Waals surface area contributed by atoms with Crippen molar-refractivity contribution in [3.63, 3.8) is 0 Å². The fraction of sp³-hybridized carbons (Fsp3) is 0.217. The number of anilines is 3. The van der Waals surface area contributed by atoms with Crippen molar-refractivity contribution < 1.29 is 14.3 Å². The van der Waals surface area contributed by atoms with Crippen molar-refractivity contribution in [2.45, 2.75) is 19.4 Å². The number of pyridine rings is 1. The van der Waals surface area contributed by atoms with Gasteiger partial charge in [-0.15, -0.1) is 0 Å². The van der Waals surface area contributed by atoms with Gasteiger partial charge in [-0.2, -0.15) is 0 Å². The van der Waals surface area contributed by atoms with Crippen LogP contribution in [0.2, 0.25) is 0 Å². The van der Waals surface area contributed by atoms with Crippen molar-refractivity contribution in [3.05, 3.63) is 71.9 Å². The zero-order chi connectivity index (χ0) is 19.8. The minimum absolute atomic E-state index is 0.0184. The lowest BCUT2D eigenvalue weighted by Gasteiger charge is -2.23. The molecule has 1 aromatic heterocycles. The second-order valence-electron chi connectivity index (χ2n) is 7.27. The van der Waals surface area contributed by atoms with Gasteiger partial charge in [-0.1, -0.05) is 18.2 Å². The Hall–Kier alpha value is -3.54. The Morgan fingerprint density at radius 3 is 2.79 bits per heavy atom. The fourth-order valence-electron chi connectivity index (χ4n) is 3.92. The number of fused-ring (bicyclic) bond motifs is 2. The second kappa shape index (κ2) is 7.13. The summed E-state index contributed by atoms with van der Waals surface area (Å²) in [5.41, 5.74) is 3.62. The van der Waals surface area contributed by atoms with Crippen molar-refractivity contribution >= 4 is 23.1 Å². The standard InChI is InChI=1S/C23H21N3O3/c1-15-12-16-4-2-3-5-19(16)26(15)23(27)17-8-9-24-22(13-17)25-18-6-7-20-21(14-18)29-11-10-28-20/h2-9,13-15H,10-12H2,1H3,(H,24,25). The third-order valence-electron chi connectivity index (χ3n) is 5.25. The van der Waals surface area contributed by atoms with Gasteiger partial charge in [0.2, 0.25) is 0 Å². The smallest absolute Gasteiger partial charge is 0.258 e. The molecule has 146 valence electrons. The zero-order valence-electron chi connectivity index (χ0n) is 16.1. The molecule has 3 heterocycles. The number of nitrogens with zero attached hydrogens (tertiary/aromatic N) is 2. The molecule has 0 radical (unpaired) electrons. The molecule has 2 aliphatic heterocycles. The molecule has 0 saturated heterocycles. The minimum atomic E-state index is -0.0184. The Kier molecular flexibility index (Phi) is 4.31. The average Bonchev–Trinajstić information content (AvgIpc) is 3.09. The van der Waals surface area contributed by atoms with Crippen LogP contribution in [-0.4, -0.2) is 30.1 Å². The Morgan fingerprint density at radius 1 is 1.07 bits per heavy atom. The highest BCUT2D eigenvalue weighted by Crippen LogP contribution is 2.35. The van der Waals surface area contributed by atoms with E-state index >= 15 is 0 Å². The predicted molar refractivity (Wildman–Crippen MR) is 111 cm³/mol. The zero-order valence-corrected chi connectivity index (χ0v) is 16.1. The summed E-state index contributed by atoms with van der Waals surface area (Å²) < 4.78 is 11.2. The average molecular weight is 387 g/mol. The molecule has 0 saturated carbocycles. The molecular weight excluding hydrogens is 366 g/mol. The van der Waals surface area contributed by atoms with Gasteiger partial charge in [-0.25, -0.2) is 4.98 Å². The highest BCUT2D eigenvalue weighted by atomic mass is 16.6. The normalized spacial score (nSPS) is 17.0. The van der Waals surface area contributed by atoms with Crippen LogP contribution in [0.1, 0.15) is 22.8 Å². The number of nitrogens with one attached hydrogen (secondary N) is 1. The molecule has 2 aliphatic rings. The number of aromatic nitrogens is 1. The van der Waals surface area contributed by atoms with Gasteiger partial charge in [0, 0.05) is 35.2 Å². The number of amides is 1. The molecule has 0 fully saturated rings. The van der Waals surface area contributed by atoms with Crippen molar-refractivity contribution in [1.29, 1.82) is 0 Å². The van der Waals surface area contributed by atoms with Crippen molar-refractivity contribution in [1.82, 2.24) is 4.98 Å². The Labute approximate surface area is 169 Å². The molecule has 6 heteroatoms. The van der Waals surface area contributed by atoms with Crippen molar-refractivity contribution in [2.75, 3.05) is 23.4 Å². The number of para-hydroxylation sites is 1. The van der Waals surface area contributed by atoms with E-state index in [4.69, 9.17) is 9.47 Å². The lowest BCUT2D eigenvalue weighted by Crippen LogP contribution is -2.35. The summed E-state index contributed by atoms with van der Waals surface area (Å²) in [5, 5.41) is 3.25. The summed E-state index contributed by atoms with van der Waals surface area (Å²) in [7, 11) is 0. The van der Waals surface area contributed by atoms with E-state index < -0.39 is 0 Å². The highest BCUT2D eigenvalue weighted by molar-refractivity contribution is 6.08. The molecule has 2 aromatic carbocycles. The second-order valence-corrected chi connectivity index (χ2v) is 7.27. The van der Waals surface area contributed by atoms with Gasteiger partial charge >= 0.3 is 0 Å². The van der Waals surface area contributed by atoms with Gasteiger partial charge in [0.25, 0.3) is 5.91 Å². The first-order valence-electron chi connectivity index (χ1n) is 9.73. The van der Waals surface area contributed by atoms with Gasteiger partial charge in [-0.05, 0) is 49.2 Å². The van der Waals surface area contributed by atoms with E-state index in [1.807, 2.05) is 41.3 Å². The number of hydrogen-bond acceptors (Lipinski definition) is 5. The first-order valence-corrected chi connectivity index (χ1v) is 9.73. The lowest BCUT2D eigenvalue weighted by atomic mass is 10.1. The molecule has 5 rings (SSSR count). The highest BCUT2D eigenvalue weighted by Gasteiger charge is 2.31. The molecule has 0 aliphatic carbocycles. The minimum Gasteiger partial charge on any atom is -0.486 e.